The van der Waals surface area contributed by atoms with Crippen LogP contribution >= 0.6 is 0 Å². The molecule has 2 N–H and O–H groups in total. The van der Waals surface area contributed by atoms with Crippen molar-refractivity contribution in [2.45, 2.75) is 12.6 Å². The average molecular weight is 332 g/mol. The molecule has 0 aliphatic carbocycles. The van der Waals surface area contributed by atoms with E-state index in [1.165, 1.54) is 13.4 Å². The lowest BCUT2D eigenvalue weighted by Crippen LogP contribution is -2.41. The molecular weight excluding hydrogens is 312 g/mol. The molecule has 128 valence electrons. The van der Waals surface area contributed by atoms with E-state index in [0.29, 0.717) is 11.5 Å². The van der Waals surface area contributed by atoms with Gasteiger partial charge in [-0.15, -0.1) is 0 Å². The summed E-state index contributed by atoms with van der Waals surface area (Å²) in [5.74, 6) is -0.197. The zero-order valence-electron chi connectivity index (χ0n) is 13.6. The first-order valence-electron chi connectivity index (χ1n) is 7.39. The van der Waals surface area contributed by atoms with E-state index in [1.54, 1.807) is 19.2 Å². The number of hydrogen-bond donors (Lipinski definition) is 2. The molecule has 7 heteroatoms. The average Bonchev–Trinajstić information content (AvgIpc) is 3.13. The fraction of sp³-hybridized carbons (Fsp3) is 0.294. The highest BCUT2D eigenvalue weighted by atomic mass is 16.5. The lowest BCUT2D eigenvalue weighted by Gasteiger charge is -2.17. The number of benzene rings is 1. The zero-order chi connectivity index (χ0) is 17.4. The standard InChI is InChI=1S/C17H20N2O5/c1-22-13-6-3-5-12(9-13)15(23-2)11-19-17(21)16(20)18-10-14-7-4-8-24-14/h3-9,15H,10-11H2,1-2H3,(H,18,20)(H,19,21). The second kappa shape index (κ2) is 8.73. The maximum atomic E-state index is 11.8. The molecule has 7 nitrogen and oxygen atoms in total. The van der Waals surface area contributed by atoms with Crippen molar-refractivity contribution in [3.05, 3.63) is 54.0 Å². The predicted molar refractivity (Wildman–Crippen MR) is 86.3 cm³/mol. The molecule has 1 unspecified atom stereocenters. The number of rotatable bonds is 7. The molecule has 1 atom stereocenters. The summed E-state index contributed by atoms with van der Waals surface area (Å²) in [6, 6.07) is 10.7. The summed E-state index contributed by atoms with van der Waals surface area (Å²) in [6.07, 6.45) is 1.11. The summed E-state index contributed by atoms with van der Waals surface area (Å²) in [5, 5.41) is 5.03. The SMILES string of the molecule is COc1cccc(C(CNC(=O)C(=O)NCc2ccco2)OC)c1. The van der Waals surface area contributed by atoms with Gasteiger partial charge in [-0.05, 0) is 29.8 Å². The normalized spacial score (nSPS) is 11.6. The molecule has 0 saturated heterocycles. The Morgan fingerprint density at radius 3 is 2.58 bits per heavy atom. The van der Waals surface area contributed by atoms with E-state index in [4.69, 9.17) is 13.9 Å². The lowest BCUT2D eigenvalue weighted by molar-refractivity contribution is -0.139. The Kier molecular flexibility index (Phi) is 6.39. The van der Waals surface area contributed by atoms with Gasteiger partial charge in [-0.3, -0.25) is 9.59 Å². The van der Waals surface area contributed by atoms with Gasteiger partial charge in [0.25, 0.3) is 0 Å². The van der Waals surface area contributed by atoms with E-state index in [-0.39, 0.29) is 19.2 Å². The predicted octanol–water partition coefficient (Wildman–Crippen LogP) is 1.41. The van der Waals surface area contributed by atoms with Gasteiger partial charge in [-0.2, -0.15) is 0 Å². The number of carbonyl (C=O) groups is 2. The van der Waals surface area contributed by atoms with E-state index in [9.17, 15) is 9.59 Å². The largest absolute Gasteiger partial charge is 0.497 e. The van der Waals surface area contributed by atoms with E-state index >= 15 is 0 Å². The van der Waals surface area contributed by atoms with Crippen LogP contribution in [0.4, 0.5) is 0 Å². The minimum Gasteiger partial charge on any atom is -0.497 e. The molecule has 0 bridgehead atoms. The number of nitrogens with one attached hydrogen (secondary N) is 2. The molecule has 0 radical (unpaired) electrons. The third kappa shape index (κ3) is 4.85. The highest BCUT2D eigenvalue weighted by molar-refractivity contribution is 6.35. The Balaban J connectivity index is 1.85. The second-order valence-corrected chi connectivity index (χ2v) is 4.97. The van der Waals surface area contributed by atoms with Gasteiger partial charge < -0.3 is 24.5 Å². The maximum absolute atomic E-state index is 11.8. The van der Waals surface area contributed by atoms with Crippen molar-refractivity contribution in [3.63, 3.8) is 0 Å². The van der Waals surface area contributed by atoms with Crippen molar-refractivity contribution in [1.29, 1.82) is 0 Å². The van der Waals surface area contributed by atoms with Crippen LogP contribution in [0.5, 0.6) is 5.75 Å². The summed E-state index contributed by atoms with van der Waals surface area (Å²) in [6.45, 7) is 0.319. The van der Waals surface area contributed by atoms with Gasteiger partial charge in [0.05, 0.1) is 26.0 Å². The fourth-order valence-corrected chi connectivity index (χ4v) is 2.11. The Labute approximate surface area is 139 Å². The van der Waals surface area contributed by atoms with Gasteiger partial charge in [0, 0.05) is 13.7 Å². The third-order valence-corrected chi connectivity index (χ3v) is 3.41. The Morgan fingerprint density at radius 1 is 1.12 bits per heavy atom. The minimum atomic E-state index is -0.730. The highest BCUT2D eigenvalue weighted by Crippen LogP contribution is 2.20. The molecule has 2 rings (SSSR count). The van der Waals surface area contributed by atoms with Crippen molar-refractivity contribution < 1.29 is 23.5 Å². The van der Waals surface area contributed by atoms with E-state index in [2.05, 4.69) is 10.6 Å². The molecule has 24 heavy (non-hydrogen) atoms. The fourth-order valence-electron chi connectivity index (χ4n) is 2.11. The number of carbonyl (C=O) groups excluding carboxylic acids is 2. The Morgan fingerprint density at radius 2 is 1.92 bits per heavy atom. The van der Waals surface area contributed by atoms with Gasteiger partial charge >= 0.3 is 11.8 Å². The zero-order valence-corrected chi connectivity index (χ0v) is 13.6. The third-order valence-electron chi connectivity index (χ3n) is 3.41. The van der Waals surface area contributed by atoms with Crippen molar-refractivity contribution in [1.82, 2.24) is 10.6 Å². The molecule has 0 aliphatic heterocycles. The maximum Gasteiger partial charge on any atom is 0.309 e. The van der Waals surface area contributed by atoms with E-state index in [1.807, 2.05) is 24.3 Å². The molecule has 2 aromatic rings. The monoisotopic (exact) mass is 332 g/mol. The number of methoxy groups -OCH3 is 2. The second-order valence-electron chi connectivity index (χ2n) is 4.97. The lowest BCUT2D eigenvalue weighted by atomic mass is 10.1. The van der Waals surface area contributed by atoms with Crippen molar-refractivity contribution >= 4 is 11.8 Å². The van der Waals surface area contributed by atoms with Crippen molar-refractivity contribution in [3.8, 4) is 5.75 Å². The summed E-state index contributed by atoms with van der Waals surface area (Å²) < 4.78 is 15.6. The number of furan rings is 1. The van der Waals surface area contributed by atoms with E-state index in [0.717, 1.165) is 5.56 Å². The van der Waals surface area contributed by atoms with Gasteiger partial charge in [0.1, 0.15) is 11.5 Å². The van der Waals surface area contributed by atoms with Crippen LogP contribution in [0.2, 0.25) is 0 Å². The van der Waals surface area contributed by atoms with Gasteiger partial charge in [-0.1, -0.05) is 12.1 Å². The number of hydrogen-bond acceptors (Lipinski definition) is 5. The molecule has 1 heterocycles. The van der Waals surface area contributed by atoms with Crippen LogP contribution in [-0.2, 0) is 20.9 Å². The van der Waals surface area contributed by atoms with Crippen LogP contribution in [0.25, 0.3) is 0 Å². The van der Waals surface area contributed by atoms with Crippen LogP contribution < -0.4 is 15.4 Å². The molecular formula is C17H20N2O5. The molecule has 0 aliphatic rings. The van der Waals surface area contributed by atoms with Crippen molar-refractivity contribution in [2.75, 3.05) is 20.8 Å². The molecule has 2 amide bonds. The Hall–Kier alpha value is -2.80. The molecule has 1 aromatic carbocycles. The van der Waals surface area contributed by atoms with Gasteiger partial charge in [0.2, 0.25) is 0 Å². The van der Waals surface area contributed by atoms with E-state index < -0.39 is 11.8 Å². The first-order chi connectivity index (χ1) is 11.6. The smallest absolute Gasteiger partial charge is 0.309 e. The molecule has 0 spiro atoms. The summed E-state index contributed by atoms with van der Waals surface area (Å²) in [7, 11) is 3.11. The van der Waals surface area contributed by atoms with Crippen LogP contribution in [0, 0.1) is 0 Å². The quantitative estimate of drug-likeness (QED) is 0.748. The van der Waals surface area contributed by atoms with Crippen LogP contribution in [0.15, 0.2) is 47.1 Å². The van der Waals surface area contributed by atoms with Gasteiger partial charge in [0.15, 0.2) is 0 Å². The molecule has 1 aromatic heterocycles. The number of amides is 2. The van der Waals surface area contributed by atoms with Crippen LogP contribution in [0.3, 0.4) is 0 Å². The minimum absolute atomic E-state index is 0.156. The summed E-state index contributed by atoms with van der Waals surface area (Å²) >= 11 is 0. The summed E-state index contributed by atoms with van der Waals surface area (Å²) in [5.41, 5.74) is 0.841. The first-order valence-corrected chi connectivity index (χ1v) is 7.39. The molecule has 0 saturated carbocycles. The van der Waals surface area contributed by atoms with Crippen LogP contribution in [-0.4, -0.2) is 32.6 Å². The first kappa shape index (κ1) is 17.6. The summed E-state index contributed by atoms with van der Waals surface area (Å²) in [4.78, 5) is 23.6. The number of ether oxygens (including phenoxy) is 2. The molecule has 0 fully saturated rings. The highest BCUT2D eigenvalue weighted by Gasteiger charge is 2.17. The van der Waals surface area contributed by atoms with Crippen molar-refractivity contribution in [2.24, 2.45) is 0 Å². The topological polar surface area (TPSA) is 89.8 Å². The van der Waals surface area contributed by atoms with Crippen LogP contribution in [0.1, 0.15) is 17.4 Å². The Bertz CT molecular complexity index is 669. The van der Waals surface area contributed by atoms with Gasteiger partial charge in [-0.25, -0.2) is 0 Å².